The zero-order valence-corrected chi connectivity index (χ0v) is 31.9. The molecule has 2 N–H and O–H groups in total. The predicted octanol–water partition coefficient (Wildman–Crippen LogP) is 9.51. The maximum atomic E-state index is 13.8. The normalized spacial score (nSPS) is 15.1. The van der Waals surface area contributed by atoms with Crippen LogP contribution in [0, 0.1) is 11.6 Å². The van der Waals surface area contributed by atoms with E-state index in [9.17, 15) is 18.4 Å². The van der Waals surface area contributed by atoms with E-state index in [2.05, 4.69) is 30.4 Å². The smallest absolute Gasteiger partial charge is 0.254 e. The summed E-state index contributed by atoms with van der Waals surface area (Å²) < 4.78 is 26.8. The van der Waals surface area contributed by atoms with Crippen molar-refractivity contribution >= 4 is 79.8 Å². The molecule has 4 heterocycles. The lowest BCUT2D eigenvalue weighted by Crippen LogP contribution is -2.45. The number of pyridine rings is 2. The molecule has 4 aromatic carbocycles. The fourth-order valence-electron chi connectivity index (χ4n) is 7.14. The van der Waals surface area contributed by atoms with E-state index < -0.39 is 17.5 Å². The van der Waals surface area contributed by atoms with Gasteiger partial charge in [0.05, 0.1) is 27.2 Å². The number of nitrogens with one attached hydrogen (secondary N) is 2. The van der Waals surface area contributed by atoms with Gasteiger partial charge in [-0.15, -0.1) is 0 Å². The average Bonchev–Trinajstić information content (AvgIpc) is 3.18. The molecule has 0 spiro atoms. The van der Waals surface area contributed by atoms with Gasteiger partial charge in [0.25, 0.3) is 11.8 Å². The Labute approximate surface area is 332 Å². The number of halogens is 5. The van der Waals surface area contributed by atoms with Crippen LogP contribution in [-0.4, -0.2) is 60.0 Å². The van der Waals surface area contributed by atoms with Gasteiger partial charge in [-0.3, -0.25) is 19.6 Å². The highest BCUT2D eigenvalue weighted by Crippen LogP contribution is 2.31. The van der Waals surface area contributed by atoms with Crippen LogP contribution in [0.2, 0.25) is 15.1 Å². The molecule has 55 heavy (non-hydrogen) atoms. The molecular formula is C42H37Cl3F2N6O2. The predicted molar refractivity (Wildman–Crippen MR) is 217 cm³/mol. The number of aromatic nitrogens is 2. The summed E-state index contributed by atoms with van der Waals surface area (Å²) in [5.41, 5.74) is 4.37. The minimum Gasteiger partial charge on any atom is -0.371 e. The lowest BCUT2D eigenvalue weighted by Gasteiger charge is -2.34. The Morgan fingerprint density at radius 1 is 0.600 bits per heavy atom. The lowest BCUT2D eigenvalue weighted by molar-refractivity contribution is 0.0920. The topological polar surface area (TPSA) is 90.5 Å². The van der Waals surface area contributed by atoms with E-state index in [0.717, 1.165) is 97.2 Å². The Balaban J connectivity index is 0.000000169. The van der Waals surface area contributed by atoms with Crippen LogP contribution in [0.5, 0.6) is 0 Å². The van der Waals surface area contributed by atoms with E-state index in [-0.39, 0.29) is 23.6 Å². The molecule has 2 aliphatic heterocycles. The van der Waals surface area contributed by atoms with Gasteiger partial charge in [0, 0.05) is 88.9 Å². The molecule has 8 rings (SSSR count). The molecule has 0 atom stereocenters. The van der Waals surface area contributed by atoms with Gasteiger partial charge in [-0.2, -0.15) is 0 Å². The largest absolute Gasteiger partial charge is 0.371 e. The second-order valence-corrected chi connectivity index (χ2v) is 14.8. The fourth-order valence-corrected chi connectivity index (χ4v) is 7.69. The first kappa shape index (κ1) is 38.3. The quantitative estimate of drug-likeness (QED) is 0.175. The first-order chi connectivity index (χ1) is 26.6. The van der Waals surface area contributed by atoms with Gasteiger partial charge in [-0.25, -0.2) is 8.78 Å². The van der Waals surface area contributed by atoms with Gasteiger partial charge < -0.3 is 20.4 Å². The number of carbonyl (C=O) groups excluding carboxylic acids is 2. The van der Waals surface area contributed by atoms with Crippen LogP contribution >= 0.6 is 34.8 Å². The van der Waals surface area contributed by atoms with Crippen LogP contribution < -0.4 is 20.4 Å². The van der Waals surface area contributed by atoms with Crippen molar-refractivity contribution < 1.29 is 18.4 Å². The summed E-state index contributed by atoms with van der Waals surface area (Å²) in [7, 11) is 0. The minimum absolute atomic E-state index is 0.0595. The van der Waals surface area contributed by atoms with Crippen molar-refractivity contribution in [1.29, 1.82) is 0 Å². The highest BCUT2D eigenvalue weighted by Gasteiger charge is 2.25. The number of carbonyl (C=O) groups is 2. The first-order valence-corrected chi connectivity index (χ1v) is 19.2. The van der Waals surface area contributed by atoms with Gasteiger partial charge in [-0.1, -0.05) is 46.9 Å². The third kappa shape index (κ3) is 9.10. The molecule has 2 fully saturated rings. The van der Waals surface area contributed by atoms with Crippen molar-refractivity contribution in [1.82, 2.24) is 20.6 Å². The number of amides is 2. The number of rotatable bonds is 6. The van der Waals surface area contributed by atoms with Crippen molar-refractivity contribution in [2.45, 2.75) is 37.8 Å². The summed E-state index contributed by atoms with van der Waals surface area (Å²) in [5.74, 6) is -2.17. The van der Waals surface area contributed by atoms with Gasteiger partial charge in [0.2, 0.25) is 0 Å². The number of hydrogen-bond donors (Lipinski definition) is 2. The molecule has 0 unspecified atom stereocenters. The molecule has 6 aromatic rings. The summed E-state index contributed by atoms with van der Waals surface area (Å²) in [6, 6.07) is 25.7. The Bertz CT molecular complexity index is 2350. The molecule has 0 saturated carbocycles. The average molecular weight is 802 g/mol. The van der Waals surface area contributed by atoms with Crippen LogP contribution in [0.3, 0.4) is 0 Å². The second-order valence-electron chi connectivity index (χ2n) is 13.6. The third-order valence-electron chi connectivity index (χ3n) is 10.00. The second kappa shape index (κ2) is 17.2. The van der Waals surface area contributed by atoms with Crippen LogP contribution in [0.15, 0.2) is 103 Å². The van der Waals surface area contributed by atoms with E-state index in [1.54, 1.807) is 18.3 Å². The number of fused-ring (bicyclic) bond motifs is 2. The molecule has 8 nitrogen and oxygen atoms in total. The van der Waals surface area contributed by atoms with Crippen molar-refractivity contribution in [3.8, 4) is 0 Å². The number of benzene rings is 4. The number of anilines is 2. The Morgan fingerprint density at radius 2 is 1.09 bits per heavy atom. The number of piperidine rings is 2. The van der Waals surface area contributed by atoms with E-state index in [4.69, 9.17) is 34.8 Å². The summed E-state index contributed by atoms with van der Waals surface area (Å²) >= 11 is 18.3. The monoisotopic (exact) mass is 800 g/mol. The molecular weight excluding hydrogens is 765 g/mol. The van der Waals surface area contributed by atoms with Crippen LogP contribution in [0.25, 0.3) is 21.8 Å². The highest BCUT2D eigenvalue weighted by molar-refractivity contribution is 6.34. The van der Waals surface area contributed by atoms with Crippen molar-refractivity contribution in [2.24, 2.45) is 0 Å². The molecule has 2 aromatic heterocycles. The zero-order valence-electron chi connectivity index (χ0n) is 29.6. The molecule has 282 valence electrons. The minimum atomic E-state index is -0.850. The van der Waals surface area contributed by atoms with Gasteiger partial charge >= 0.3 is 0 Å². The number of hydrogen-bond acceptors (Lipinski definition) is 6. The van der Waals surface area contributed by atoms with E-state index in [1.165, 1.54) is 6.07 Å². The zero-order chi connectivity index (χ0) is 38.5. The molecule has 2 amide bonds. The van der Waals surface area contributed by atoms with Crippen molar-refractivity contribution in [3.05, 3.63) is 141 Å². The van der Waals surface area contributed by atoms with Crippen LogP contribution in [-0.2, 0) is 0 Å². The molecule has 13 heteroatoms. The van der Waals surface area contributed by atoms with Gasteiger partial charge in [-0.05, 0) is 98.5 Å². The molecule has 2 aliphatic rings. The molecule has 0 aliphatic carbocycles. The Morgan fingerprint density at radius 3 is 1.58 bits per heavy atom. The Hall–Kier alpha value is -5.03. The van der Waals surface area contributed by atoms with E-state index in [0.29, 0.717) is 20.6 Å². The highest BCUT2D eigenvalue weighted by atomic mass is 35.5. The van der Waals surface area contributed by atoms with Crippen molar-refractivity contribution in [2.75, 3.05) is 36.0 Å². The molecule has 0 bridgehead atoms. The number of nitrogens with zero attached hydrogens (tertiary/aromatic N) is 4. The van der Waals surface area contributed by atoms with Crippen LogP contribution in [0.1, 0.15) is 46.4 Å². The molecule has 0 radical (unpaired) electrons. The van der Waals surface area contributed by atoms with Crippen molar-refractivity contribution in [3.63, 3.8) is 0 Å². The van der Waals surface area contributed by atoms with E-state index in [1.807, 2.05) is 66.9 Å². The summed E-state index contributed by atoms with van der Waals surface area (Å²) in [6.45, 7) is 3.24. The maximum absolute atomic E-state index is 13.8. The van der Waals surface area contributed by atoms with E-state index >= 15 is 0 Å². The summed E-state index contributed by atoms with van der Waals surface area (Å²) in [4.78, 5) is 38.1. The fraction of sp³-hybridized carbons (Fsp3) is 0.238. The standard InChI is InChI=1S/C21H19Cl2N3O.C21H18ClF2N3O/c22-14-5-6-17-19(13-14)24-10-7-20(17)26-11-8-15(9-12-26)25-21(27)16-3-1-2-4-18(16)23;22-13-1-3-17-19(11-13)25-8-5-20(17)27-9-6-15(7-10-27)26-21(28)16-4-2-14(23)12-18(16)24/h1-7,10,13,15H,8-9,11-12H2,(H,25,27);1-5,8,11-12,15H,6-7,9-10H2,(H,26,28). The molecule has 2 saturated heterocycles. The first-order valence-electron chi connectivity index (χ1n) is 18.0. The summed E-state index contributed by atoms with van der Waals surface area (Å²) in [5, 5.41) is 9.91. The summed E-state index contributed by atoms with van der Waals surface area (Å²) in [6.07, 6.45) is 6.80. The van der Waals surface area contributed by atoms with Gasteiger partial charge in [0.1, 0.15) is 11.6 Å². The lowest BCUT2D eigenvalue weighted by atomic mass is 10.0. The van der Waals surface area contributed by atoms with Crippen LogP contribution in [0.4, 0.5) is 20.2 Å². The SMILES string of the molecule is O=C(NC1CCN(c2ccnc3cc(Cl)ccc23)CC1)c1ccc(F)cc1F.O=C(NC1CCN(c2ccnc3cc(Cl)ccc23)CC1)c1ccccc1Cl. The third-order valence-corrected chi connectivity index (χ3v) is 10.8. The maximum Gasteiger partial charge on any atom is 0.254 e. The Kier molecular flexibility index (Phi) is 12.0. The van der Waals surface area contributed by atoms with Gasteiger partial charge in [0.15, 0.2) is 0 Å².